The van der Waals surface area contributed by atoms with Gasteiger partial charge in [0.1, 0.15) is 23.7 Å². The van der Waals surface area contributed by atoms with Gasteiger partial charge in [-0.1, -0.05) is 11.6 Å². The van der Waals surface area contributed by atoms with Crippen molar-refractivity contribution in [2.24, 2.45) is 0 Å². The average molecular weight is 348 g/mol. The molecule has 0 atom stereocenters. The molecule has 7 nitrogen and oxygen atoms in total. The van der Waals surface area contributed by atoms with Crippen molar-refractivity contribution in [3.63, 3.8) is 0 Å². The fourth-order valence-corrected chi connectivity index (χ4v) is 2.44. The molecule has 0 bridgehead atoms. The third-order valence-corrected chi connectivity index (χ3v) is 3.62. The van der Waals surface area contributed by atoms with Gasteiger partial charge in [-0.15, -0.1) is 0 Å². The molecule has 1 heterocycles. The van der Waals surface area contributed by atoms with Gasteiger partial charge in [0, 0.05) is 35.2 Å². The smallest absolute Gasteiger partial charge is 0.336 e. The Hall–Kier alpha value is -3.06. The molecule has 0 unspecified atom stereocenters. The van der Waals surface area contributed by atoms with Crippen LogP contribution in [0, 0.1) is 10.1 Å². The minimum absolute atomic E-state index is 0.00437. The summed E-state index contributed by atoms with van der Waals surface area (Å²) in [6, 6.07) is 9.52. The van der Waals surface area contributed by atoms with Crippen LogP contribution in [-0.4, -0.2) is 10.0 Å². The minimum Gasteiger partial charge on any atom is -0.508 e. The number of phenols is 1. The Morgan fingerprint density at radius 1 is 1.21 bits per heavy atom. The second kappa shape index (κ2) is 6.21. The zero-order valence-corrected chi connectivity index (χ0v) is 12.8. The van der Waals surface area contributed by atoms with E-state index in [1.165, 1.54) is 36.4 Å². The third-order valence-electron chi connectivity index (χ3n) is 3.32. The molecule has 1 aromatic heterocycles. The van der Waals surface area contributed by atoms with Crippen LogP contribution in [0.1, 0.15) is 5.56 Å². The summed E-state index contributed by atoms with van der Waals surface area (Å²) in [6.07, 6.45) is 0. The van der Waals surface area contributed by atoms with E-state index in [2.05, 4.69) is 0 Å². The van der Waals surface area contributed by atoms with E-state index in [0.29, 0.717) is 10.9 Å². The van der Waals surface area contributed by atoms with Crippen LogP contribution < -0.4 is 10.4 Å². The highest BCUT2D eigenvalue weighted by Gasteiger charge is 2.12. The van der Waals surface area contributed by atoms with Crippen LogP contribution in [0.3, 0.4) is 0 Å². The molecule has 0 aliphatic rings. The molecule has 2 aromatic carbocycles. The van der Waals surface area contributed by atoms with Crippen LogP contribution in [0.25, 0.3) is 11.0 Å². The molecule has 0 spiro atoms. The molecule has 0 saturated carbocycles. The zero-order chi connectivity index (χ0) is 17.3. The van der Waals surface area contributed by atoms with Crippen LogP contribution in [0.15, 0.2) is 51.7 Å². The highest BCUT2D eigenvalue weighted by atomic mass is 35.5. The van der Waals surface area contributed by atoms with Gasteiger partial charge in [0.2, 0.25) is 0 Å². The van der Waals surface area contributed by atoms with Gasteiger partial charge < -0.3 is 14.3 Å². The molecule has 0 saturated heterocycles. The Bertz CT molecular complexity index is 998. The maximum Gasteiger partial charge on any atom is 0.336 e. The van der Waals surface area contributed by atoms with Gasteiger partial charge >= 0.3 is 5.63 Å². The summed E-state index contributed by atoms with van der Waals surface area (Å²) in [7, 11) is 0. The van der Waals surface area contributed by atoms with Crippen molar-refractivity contribution in [3.05, 3.63) is 73.6 Å². The lowest BCUT2D eigenvalue weighted by Gasteiger charge is -2.09. The molecule has 0 radical (unpaired) electrons. The first-order chi connectivity index (χ1) is 11.4. The maximum absolute atomic E-state index is 11.6. The number of fused-ring (bicyclic) bond motifs is 1. The fourth-order valence-electron chi connectivity index (χ4n) is 2.21. The standard InChI is InChI=1S/C16H10ClNO6/c17-13-6-10(18(21)22)1-4-14(13)23-8-9-5-16(20)24-15-7-11(19)2-3-12(9)15/h1-7,19H,8H2. The lowest BCUT2D eigenvalue weighted by molar-refractivity contribution is -0.384. The topological polar surface area (TPSA) is 103 Å². The Balaban J connectivity index is 1.91. The lowest BCUT2D eigenvalue weighted by Crippen LogP contribution is -2.04. The Morgan fingerprint density at radius 3 is 2.71 bits per heavy atom. The summed E-state index contributed by atoms with van der Waals surface area (Å²) in [6.45, 7) is 0.00437. The molecule has 122 valence electrons. The number of non-ortho nitro benzene ring substituents is 1. The molecule has 3 aromatic rings. The van der Waals surface area contributed by atoms with E-state index in [9.17, 15) is 20.0 Å². The number of nitro benzene ring substituents is 1. The van der Waals surface area contributed by atoms with Crippen molar-refractivity contribution in [2.45, 2.75) is 6.61 Å². The van der Waals surface area contributed by atoms with Crippen molar-refractivity contribution in [3.8, 4) is 11.5 Å². The van der Waals surface area contributed by atoms with Gasteiger partial charge in [-0.2, -0.15) is 0 Å². The van der Waals surface area contributed by atoms with Crippen LogP contribution in [0.5, 0.6) is 11.5 Å². The summed E-state index contributed by atoms with van der Waals surface area (Å²) in [5.74, 6) is 0.226. The largest absolute Gasteiger partial charge is 0.508 e. The van der Waals surface area contributed by atoms with E-state index >= 15 is 0 Å². The predicted molar refractivity (Wildman–Crippen MR) is 86.6 cm³/mol. The van der Waals surface area contributed by atoms with Gasteiger partial charge in [-0.05, 0) is 18.2 Å². The number of ether oxygens (including phenoxy) is 1. The number of hydrogen-bond donors (Lipinski definition) is 1. The van der Waals surface area contributed by atoms with Gasteiger partial charge in [0.05, 0.1) is 9.95 Å². The monoisotopic (exact) mass is 347 g/mol. The van der Waals surface area contributed by atoms with E-state index < -0.39 is 10.5 Å². The number of nitro groups is 1. The second-order valence-corrected chi connectivity index (χ2v) is 5.34. The summed E-state index contributed by atoms with van der Waals surface area (Å²) in [4.78, 5) is 21.7. The molecule has 0 aliphatic heterocycles. The van der Waals surface area contributed by atoms with Crippen molar-refractivity contribution in [1.29, 1.82) is 0 Å². The van der Waals surface area contributed by atoms with E-state index in [0.717, 1.165) is 0 Å². The Morgan fingerprint density at radius 2 is 2.00 bits per heavy atom. The van der Waals surface area contributed by atoms with Gasteiger partial charge in [0.25, 0.3) is 5.69 Å². The first kappa shape index (κ1) is 15.8. The molecule has 0 aliphatic carbocycles. The number of halogens is 1. The van der Waals surface area contributed by atoms with E-state index in [1.807, 2.05) is 0 Å². The first-order valence-electron chi connectivity index (χ1n) is 6.76. The molecule has 0 amide bonds. The molecular weight excluding hydrogens is 338 g/mol. The van der Waals surface area contributed by atoms with Crippen molar-refractivity contribution in [2.75, 3.05) is 0 Å². The van der Waals surface area contributed by atoms with Crippen molar-refractivity contribution >= 4 is 28.3 Å². The van der Waals surface area contributed by atoms with E-state index in [1.54, 1.807) is 6.07 Å². The Kier molecular flexibility index (Phi) is 4.09. The molecule has 3 rings (SSSR count). The van der Waals surface area contributed by atoms with Gasteiger partial charge in [-0.3, -0.25) is 10.1 Å². The fraction of sp³-hybridized carbons (Fsp3) is 0.0625. The zero-order valence-electron chi connectivity index (χ0n) is 12.1. The third kappa shape index (κ3) is 3.16. The van der Waals surface area contributed by atoms with E-state index in [-0.39, 0.29) is 34.4 Å². The number of phenolic OH excluding ortho intramolecular Hbond substituents is 1. The second-order valence-electron chi connectivity index (χ2n) is 4.93. The maximum atomic E-state index is 11.6. The minimum atomic E-state index is -0.582. The number of benzene rings is 2. The number of hydrogen-bond acceptors (Lipinski definition) is 6. The van der Waals surface area contributed by atoms with E-state index in [4.69, 9.17) is 20.8 Å². The van der Waals surface area contributed by atoms with Crippen LogP contribution in [0.2, 0.25) is 5.02 Å². The van der Waals surface area contributed by atoms with Crippen LogP contribution >= 0.6 is 11.6 Å². The SMILES string of the molecule is O=c1cc(COc2ccc([N+](=O)[O-])cc2Cl)c2ccc(O)cc2o1. The molecular formula is C16H10ClNO6. The number of rotatable bonds is 4. The quantitative estimate of drug-likeness (QED) is 0.439. The molecule has 24 heavy (non-hydrogen) atoms. The normalized spacial score (nSPS) is 10.7. The predicted octanol–water partition coefficient (Wildman–Crippen LogP) is 3.64. The summed E-state index contributed by atoms with van der Waals surface area (Å²) < 4.78 is 10.6. The summed E-state index contributed by atoms with van der Waals surface area (Å²) >= 11 is 5.97. The molecule has 8 heteroatoms. The number of nitrogens with zero attached hydrogens (tertiary/aromatic N) is 1. The van der Waals surface area contributed by atoms with Crippen LogP contribution in [0.4, 0.5) is 5.69 Å². The van der Waals surface area contributed by atoms with Crippen molar-refractivity contribution < 1.29 is 19.2 Å². The van der Waals surface area contributed by atoms with Crippen LogP contribution in [-0.2, 0) is 6.61 Å². The Labute approximate surface area is 139 Å². The highest BCUT2D eigenvalue weighted by molar-refractivity contribution is 6.32. The number of aromatic hydroxyl groups is 1. The lowest BCUT2D eigenvalue weighted by atomic mass is 10.1. The molecule has 0 fully saturated rings. The summed E-state index contributed by atoms with van der Waals surface area (Å²) in [5.41, 5.74) is 0.0432. The van der Waals surface area contributed by atoms with Gasteiger partial charge in [0.15, 0.2) is 0 Å². The highest BCUT2D eigenvalue weighted by Crippen LogP contribution is 2.30. The van der Waals surface area contributed by atoms with Crippen molar-refractivity contribution in [1.82, 2.24) is 0 Å². The molecule has 1 N–H and O–H groups in total. The first-order valence-corrected chi connectivity index (χ1v) is 7.14. The average Bonchev–Trinajstić information content (AvgIpc) is 2.52. The van der Waals surface area contributed by atoms with Gasteiger partial charge in [-0.25, -0.2) is 4.79 Å². The summed E-state index contributed by atoms with van der Waals surface area (Å²) in [5, 5.41) is 20.9.